The molecule has 3 rings (SSSR count). The second-order valence-corrected chi connectivity index (χ2v) is 7.30. The Balaban J connectivity index is 1.42. The van der Waals surface area contributed by atoms with Crippen LogP contribution in [0.1, 0.15) is 20.3 Å². The van der Waals surface area contributed by atoms with Crippen LogP contribution in [0.5, 0.6) is 17.2 Å². The molecular weight excluding hydrogens is 404 g/mol. The van der Waals surface area contributed by atoms with Crippen molar-refractivity contribution in [2.24, 2.45) is 0 Å². The summed E-state index contributed by atoms with van der Waals surface area (Å²) in [6.07, 6.45) is 1.05. The normalized spacial score (nSPS) is 11.3. The Bertz CT molecular complexity index is 978. The van der Waals surface area contributed by atoms with Gasteiger partial charge in [0.1, 0.15) is 30.5 Å². The van der Waals surface area contributed by atoms with Crippen LogP contribution in [0.15, 0.2) is 78.9 Å². The van der Waals surface area contributed by atoms with Crippen molar-refractivity contribution in [2.45, 2.75) is 26.4 Å². The van der Waals surface area contributed by atoms with E-state index in [0.29, 0.717) is 24.7 Å². The summed E-state index contributed by atoms with van der Waals surface area (Å²) in [7, 11) is 0. The highest BCUT2D eigenvalue weighted by Crippen LogP contribution is 2.20. The molecule has 6 nitrogen and oxygen atoms in total. The van der Waals surface area contributed by atoms with E-state index >= 15 is 0 Å². The number of anilines is 2. The first-order valence-corrected chi connectivity index (χ1v) is 10.8. The zero-order valence-corrected chi connectivity index (χ0v) is 18.5. The van der Waals surface area contributed by atoms with Crippen molar-refractivity contribution in [3.05, 3.63) is 78.9 Å². The number of rotatable bonds is 12. The molecule has 0 heterocycles. The second-order valence-electron chi connectivity index (χ2n) is 7.30. The van der Waals surface area contributed by atoms with Crippen molar-refractivity contribution in [2.75, 3.05) is 30.4 Å². The van der Waals surface area contributed by atoms with Crippen molar-refractivity contribution in [1.82, 2.24) is 0 Å². The predicted octanol–water partition coefficient (Wildman–Crippen LogP) is 5.37. The molecule has 0 radical (unpaired) electrons. The van der Waals surface area contributed by atoms with E-state index in [-0.39, 0.29) is 18.6 Å². The number of hydrogen-bond donors (Lipinski definition) is 2. The van der Waals surface area contributed by atoms with Gasteiger partial charge in [-0.15, -0.1) is 0 Å². The Labute approximate surface area is 189 Å². The van der Waals surface area contributed by atoms with Crippen LogP contribution in [-0.2, 0) is 4.79 Å². The fourth-order valence-electron chi connectivity index (χ4n) is 2.88. The lowest BCUT2D eigenvalue weighted by atomic mass is 10.2. The van der Waals surface area contributed by atoms with Gasteiger partial charge >= 0.3 is 0 Å². The Morgan fingerprint density at radius 1 is 0.812 bits per heavy atom. The third-order valence-electron chi connectivity index (χ3n) is 4.68. The number of carbonyl (C=O) groups excluding carboxylic acids is 1. The van der Waals surface area contributed by atoms with Crippen molar-refractivity contribution < 1.29 is 19.0 Å². The topological polar surface area (TPSA) is 68.8 Å². The first-order chi connectivity index (χ1) is 15.6. The summed E-state index contributed by atoms with van der Waals surface area (Å²) in [5, 5.41) is 6.01. The van der Waals surface area contributed by atoms with Crippen LogP contribution in [0, 0.1) is 0 Å². The van der Waals surface area contributed by atoms with E-state index in [1.165, 1.54) is 0 Å². The van der Waals surface area contributed by atoms with Crippen LogP contribution in [0.2, 0.25) is 0 Å². The molecule has 2 N–H and O–H groups in total. The lowest BCUT2D eigenvalue weighted by molar-refractivity contribution is -0.114. The molecule has 168 valence electrons. The number of carbonyl (C=O) groups is 1. The summed E-state index contributed by atoms with van der Waals surface area (Å²) in [4.78, 5) is 12.3. The zero-order valence-electron chi connectivity index (χ0n) is 18.5. The quantitative estimate of drug-likeness (QED) is 0.375. The predicted molar refractivity (Wildman–Crippen MR) is 128 cm³/mol. The van der Waals surface area contributed by atoms with Crippen LogP contribution >= 0.6 is 0 Å². The molecule has 0 aliphatic heterocycles. The van der Waals surface area contributed by atoms with E-state index in [9.17, 15) is 4.79 Å². The molecular formula is C26H30N2O4. The molecule has 0 spiro atoms. The van der Waals surface area contributed by atoms with Gasteiger partial charge in [-0.1, -0.05) is 37.3 Å². The highest BCUT2D eigenvalue weighted by Gasteiger charge is 2.06. The Kier molecular flexibility index (Phi) is 8.80. The molecule has 0 bridgehead atoms. The minimum atomic E-state index is -0.145. The third kappa shape index (κ3) is 7.87. The van der Waals surface area contributed by atoms with Crippen LogP contribution in [0.3, 0.4) is 0 Å². The largest absolute Gasteiger partial charge is 0.491 e. The van der Waals surface area contributed by atoms with E-state index in [1.807, 2.05) is 85.8 Å². The fraction of sp³-hybridized carbons (Fsp3) is 0.269. The summed E-state index contributed by atoms with van der Waals surface area (Å²) >= 11 is 0. The van der Waals surface area contributed by atoms with E-state index in [4.69, 9.17) is 14.2 Å². The number of hydrogen-bond acceptors (Lipinski definition) is 5. The maximum Gasteiger partial charge on any atom is 0.243 e. The van der Waals surface area contributed by atoms with Crippen molar-refractivity contribution in [3.63, 3.8) is 0 Å². The summed E-state index contributed by atoms with van der Waals surface area (Å²) in [5.74, 6) is 2.12. The molecule has 1 atom stereocenters. The fourth-order valence-corrected chi connectivity index (χ4v) is 2.88. The molecule has 3 aromatic rings. The minimum Gasteiger partial charge on any atom is -0.491 e. The lowest BCUT2D eigenvalue weighted by Gasteiger charge is -2.14. The van der Waals surface area contributed by atoms with Gasteiger partial charge in [0.05, 0.1) is 12.6 Å². The van der Waals surface area contributed by atoms with Gasteiger partial charge in [0.25, 0.3) is 0 Å². The van der Waals surface area contributed by atoms with E-state index in [2.05, 4.69) is 17.6 Å². The highest BCUT2D eigenvalue weighted by molar-refractivity contribution is 5.93. The Morgan fingerprint density at radius 2 is 1.44 bits per heavy atom. The zero-order chi connectivity index (χ0) is 22.6. The van der Waals surface area contributed by atoms with Crippen molar-refractivity contribution >= 4 is 17.3 Å². The molecule has 0 aliphatic rings. The lowest BCUT2D eigenvalue weighted by Crippen LogP contribution is -2.21. The van der Waals surface area contributed by atoms with Gasteiger partial charge in [0.15, 0.2) is 0 Å². The molecule has 0 fully saturated rings. The molecule has 0 aliphatic carbocycles. The maximum atomic E-state index is 12.3. The van der Waals surface area contributed by atoms with E-state index in [1.54, 1.807) is 0 Å². The van der Waals surface area contributed by atoms with Gasteiger partial charge in [-0.05, 0) is 49.7 Å². The first-order valence-electron chi connectivity index (χ1n) is 10.8. The van der Waals surface area contributed by atoms with Gasteiger partial charge in [-0.2, -0.15) is 0 Å². The minimum absolute atomic E-state index is 0.127. The molecule has 0 saturated heterocycles. The smallest absolute Gasteiger partial charge is 0.243 e. The molecule has 32 heavy (non-hydrogen) atoms. The monoisotopic (exact) mass is 434 g/mol. The number of para-hydroxylation sites is 1. The van der Waals surface area contributed by atoms with E-state index in [0.717, 1.165) is 23.6 Å². The second kappa shape index (κ2) is 12.2. The van der Waals surface area contributed by atoms with Crippen LogP contribution in [0.4, 0.5) is 11.4 Å². The molecule has 1 unspecified atom stereocenters. The van der Waals surface area contributed by atoms with Crippen molar-refractivity contribution in [1.29, 1.82) is 0 Å². The Morgan fingerprint density at radius 3 is 2.19 bits per heavy atom. The summed E-state index contributed by atoms with van der Waals surface area (Å²) < 4.78 is 17.2. The molecule has 6 heteroatoms. The third-order valence-corrected chi connectivity index (χ3v) is 4.68. The van der Waals surface area contributed by atoms with Crippen LogP contribution in [0.25, 0.3) is 0 Å². The van der Waals surface area contributed by atoms with Crippen LogP contribution < -0.4 is 24.8 Å². The van der Waals surface area contributed by atoms with Gasteiger partial charge in [-0.25, -0.2) is 0 Å². The number of nitrogens with one attached hydrogen (secondary N) is 2. The average molecular weight is 435 g/mol. The molecule has 3 aromatic carbocycles. The maximum absolute atomic E-state index is 12.3. The highest BCUT2D eigenvalue weighted by atomic mass is 16.5. The Hall–Kier alpha value is -3.67. The molecule has 1 amide bonds. The number of amides is 1. The molecule has 0 saturated carbocycles. The van der Waals surface area contributed by atoms with Crippen LogP contribution in [-0.4, -0.2) is 31.8 Å². The number of benzene rings is 3. The standard InChI is InChI=1S/C26H30N2O4/c1-3-20(2)32-25-14-8-10-22(18-25)28-26(29)19-27-21-9-7-13-24(17-21)31-16-15-30-23-11-5-4-6-12-23/h4-14,17-18,20,27H,3,15-16,19H2,1-2H3,(H,28,29). The van der Waals surface area contributed by atoms with Gasteiger partial charge in [0, 0.05) is 23.5 Å². The SMILES string of the molecule is CCC(C)Oc1cccc(NC(=O)CNc2cccc(OCCOc3ccccc3)c2)c1. The van der Waals surface area contributed by atoms with Gasteiger partial charge in [0.2, 0.25) is 5.91 Å². The number of ether oxygens (including phenoxy) is 3. The van der Waals surface area contributed by atoms with Crippen molar-refractivity contribution in [3.8, 4) is 17.2 Å². The average Bonchev–Trinajstić information content (AvgIpc) is 2.82. The summed E-state index contributed by atoms with van der Waals surface area (Å²) in [6, 6.07) is 24.5. The first kappa shape index (κ1) is 23.0. The summed E-state index contributed by atoms with van der Waals surface area (Å²) in [6.45, 7) is 5.10. The van der Waals surface area contributed by atoms with E-state index < -0.39 is 0 Å². The molecule has 0 aromatic heterocycles. The van der Waals surface area contributed by atoms with Gasteiger partial charge in [-0.3, -0.25) is 4.79 Å². The van der Waals surface area contributed by atoms with Gasteiger partial charge < -0.3 is 24.8 Å². The summed E-state index contributed by atoms with van der Waals surface area (Å²) in [5.41, 5.74) is 1.50.